The fraction of sp³-hybridized carbons (Fsp3) is 0.464. The number of hydrogen-bond acceptors (Lipinski definition) is 4. The van der Waals surface area contributed by atoms with Crippen LogP contribution in [0.15, 0.2) is 53.7 Å². The first-order chi connectivity index (χ1) is 16.3. The molecule has 1 fully saturated rings. The van der Waals surface area contributed by atoms with Crippen LogP contribution in [-0.4, -0.2) is 26.4 Å². The maximum Gasteiger partial charge on any atom is 0.234 e. The number of aromatic nitrogens is 3. The predicted molar refractivity (Wildman–Crippen MR) is 141 cm³/mol. The summed E-state index contributed by atoms with van der Waals surface area (Å²) in [7, 11) is 0. The molecule has 0 bridgehead atoms. The standard InChI is InChI=1S/C28H36N4OS/c1-5-20-11-17-23(18-12-20)29-25(33)19-34-27-31-30-26(32(27)24-9-7-6-8-10-24)21-13-15-22(16-14-21)28(2,3)4/h11-18,24H,5-10,19H2,1-4H3,(H,29,33). The minimum atomic E-state index is -0.0245. The molecule has 0 atom stereocenters. The average Bonchev–Trinajstić information content (AvgIpc) is 3.27. The van der Waals surface area contributed by atoms with Crippen LogP contribution in [0.2, 0.25) is 0 Å². The molecule has 0 aliphatic heterocycles. The van der Waals surface area contributed by atoms with Gasteiger partial charge in [-0.3, -0.25) is 9.36 Å². The van der Waals surface area contributed by atoms with E-state index in [9.17, 15) is 4.79 Å². The topological polar surface area (TPSA) is 59.8 Å². The normalized spacial score (nSPS) is 14.8. The number of benzene rings is 2. The number of anilines is 1. The van der Waals surface area contributed by atoms with Gasteiger partial charge in [0, 0.05) is 17.3 Å². The molecule has 4 rings (SSSR count). The smallest absolute Gasteiger partial charge is 0.234 e. The number of thioether (sulfide) groups is 1. The molecule has 1 saturated carbocycles. The van der Waals surface area contributed by atoms with Gasteiger partial charge in [0.1, 0.15) is 0 Å². The van der Waals surface area contributed by atoms with Gasteiger partial charge in [0.05, 0.1) is 5.75 Å². The monoisotopic (exact) mass is 476 g/mol. The Hall–Kier alpha value is -2.60. The summed E-state index contributed by atoms with van der Waals surface area (Å²) in [5.41, 5.74) is 4.59. The Morgan fingerprint density at radius 3 is 2.29 bits per heavy atom. The van der Waals surface area contributed by atoms with Crippen LogP contribution in [0.25, 0.3) is 11.4 Å². The molecule has 1 N–H and O–H groups in total. The molecule has 1 aliphatic rings. The molecular weight excluding hydrogens is 440 g/mol. The number of nitrogens with zero attached hydrogens (tertiary/aromatic N) is 3. The van der Waals surface area contributed by atoms with Gasteiger partial charge in [-0.15, -0.1) is 10.2 Å². The van der Waals surface area contributed by atoms with Gasteiger partial charge in [-0.1, -0.05) is 95.1 Å². The molecule has 2 aromatic carbocycles. The van der Waals surface area contributed by atoms with E-state index in [1.54, 1.807) is 0 Å². The van der Waals surface area contributed by atoms with Crippen LogP contribution in [0.5, 0.6) is 0 Å². The quantitative estimate of drug-likeness (QED) is 0.372. The van der Waals surface area contributed by atoms with Crippen molar-refractivity contribution in [1.29, 1.82) is 0 Å². The zero-order chi connectivity index (χ0) is 24.1. The molecule has 34 heavy (non-hydrogen) atoms. The summed E-state index contributed by atoms with van der Waals surface area (Å²) < 4.78 is 2.29. The van der Waals surface area contributed by atoms with Crippen LogP contribution in [0.3, 0.4) is 0 Å². The van der Waals surface area contributed by atoms with Gasteiger partial charge in [0.25, 0.3) is 0 Å². The van der Waals surface area contributed by atoms with E-state index in [1.165, 1.54) is 42.2 Å². The second-order valence-corrected chi connectivity index (χ2v) is 11.1. The fourth-order valence-corrected chi connectivity index (χ4v) is 5.32. The Labute approximate surface area is 207 Å². The Kier molecular flexibility index (Phi) is 7.77. The van der Waals surface area contributed by atoms with E-state index < -0.39 is 0 Å². The number of carbonyl (C=O) groups is 1. The number of nitrogens with one attached hydrogen (secondary N) is 1. The summed E-state index contributed by atoms with van der Waals surface area (Å²) in [6.45, 7) is 8.80. The van der Waals surface area contributed by atoms with E-state index in [-0.39, 0.29) is 11.3 Å². The summed E-state index contributed by atoms with van der Waals surface area (Å²) in [6.07, 6.45) is 6.99. The largest absolute Gasteiger partial charge is 0.325 e. The van der Waals surface area contributed by atoms with Crippen LogP contribution < -0.4 is 5.32 Å². The zero-order valence-corrected chi connectivity index (χ0v) is 21.6. The van der Waals surface area contributed by atoms with Gasteiger partial charge in [-0.2, -0.15) is 0 Å². The SMILES string of the molecule is CCc1ccc(NC(=O)CSc2nnc(-c3ccc(C(C)(C)C)cc3)n2C2CCCCC2)cc1. The fourth-order valence-electron chi connectivity index (χ4n) is 4.51. The van der Waals surface area contributed by atoms with Crippen molar-refractivity contribution in [1.82, 2.24) is 14.8 Å². The molecule has 1 aliphatic carbocycles. The van der Waals surface area contributed by atoms with Crippen LogP contribution >= 0.6 is 11.8 Å². The Morgan fingerprint density at radius 1 is 1.00 bits per heavy atom. The highest BCUT2D eigenvalue weighted by Gasteiger charge is 2.24. The van der Waals surface area contributed by atoms with E-state index in [0.29, 0.717) is 11.8 Å². The zero-order valence-electron chi connectivity index (χ0n) is 20.8. The van der Waals surface area contributed by atoms with Gasteiger partial charge in [-0.25, -0.2) is 0 Å². The maximum absolute atomic E-state index is 12.6. The highest BCUT2D eigenvalue weighted by Crippen LogP contribution is 2.36. The lowest BCUT2D eigenvalue weighted by atomic mass is 9.86. The summed E-state index contributed by atoms with van der Waals surface area (Å²) >= 11 is 1.48. The van der Waals surface area contributed by atoms with E-state index >= 15 is 0 Å². The van der Waals surface area contributed by atoms with Crippen molar-refractivity contribution in [2.75, 3.05) is 11.1 Å². The molecule has 3 aromatic rings. The second-order valence-electron chi connectivity index (χ2n) is 10.2. The van der Waals surface area contributed by atoms with Gasteiger partial charge >= 0.3 is 0 Å². The van der Waals surface area contributed by atoms with Crippen LogP contribution in [0, 0.1) is 0 Å². The highest BCUT2D eigenvalue weighted by molar-refractivity contribution is 7.99. The lowest BCUT2D eigenvalue weighted by Gasteiger charge is -2.26. The molecular formula is C28H36N4OS. The van der Waals surface area contributed by atoms with E-state index in [2.05, 4.69) is 84.2 Å². The van der Waals surface area contributed by atoms with Gasteiger partial charge in [-0.05, 0) is 47.9 Å². The number of hydrogen-bond donors (Lipinski definition) is 1. The summed E-state index contributed by atoms with van der Waals surface area (Å²) in [4.78, 5) is 12.6. The van der Waals surface area contributed by atoms with Crippen molar-refractivity contribution in [2.45, 2.75) is 82.8 Å². The van der Waals surface area contributed by atoms with Gasteiger partial charge in [0.15, 0.2) is 11.0 Å². The molecule has 0 unspecified atom stereocenters. The van der Waals surface area contributed by atoms with Crippen molar-refractivity contribution < 1.29 is 4.79 Å². The van der Waals surface area contributed by atoms with Crippen LogP contribution in [0.1, 0.15) is 77.0 Å². The Balaban J connectivity index is 1.52. The number of rotatable bonds is 7. The Bertz CT molecular complexity index is 1090. The van der Waals surface area contributed by atoms with Gasteiger partial charge < -0.3 is 5.32 Å². The molecule has 0 saturated heterocycles. The van der Waals surface area contributed by atoms with Crippen molar-refractivity contribution in [3.05, 3.63) is 59.7 Å². The van der Waals surface area contributed by atoms with Crippen molar-refractivity contribution >= 4 is 23.4 Å². The third-order valence-corrected chi connectivity index (χ3v) is 7.53. The van der Waals surface area contributed by atoms with Crippen molar-refractivity contribution in [3.63, 3.8) is 0 Å². The summed E-state index contributed by atoms with van der Waals surface area (Å²) in [6, 6.07) is 17.1. The summed E-state index contributed by atoms with van der Waals surface area (Å²) in [5.74, 6) is 1.19. The number of aryl methyl sites for hydroxylation is 1. The number of carbonyl (C=O) groups excluding carboxylic acids is 1. The third-order valence-electron chi connectivity index (χ3n) is 6.59. The lowest BCUT2D eigenvalue weighted by molar-refractivity contribution is -0.113. The van der Waals surface area contributed by atoms with Crippen LogP contribution in [-0.2, 0) is 16.6 Å². The third kappa shape index (κ3) is 5.90. The second kappa shape index (κ2) is 10.8. The lowest BCUT2D eigenvalue weighted by Crippen LogP contribution is -2.17. The average molecular weight is 477 g/mol. The maximum atomic E-state index is 12.6. The van der Waals surface area contributed by atoms with E-state index in [1.807, 2.05) is 12.1 Å². The highest BCUT2D eigenvalue weighted by atomic mass is 32.2. The molecule has 5 nitrogen and oxygen atoms in total. The van der Waals surface area contributed by atoms with Gasteiger partial charge in [0.2, 0.25) is 5.91 Å². The molecule has 6 heteroatoms. The van der Waals surface area contributed by atoms with Crippen LogP contribution in [0.4, 0.5) is 5.69 Å². The molecule has 1 amide bonds. The van der Waals surface area contributed by atoms with E-state index in [4.69, 9.17) is 0 Å². The first-order valence-corrected chi connectivity index (χ1v) is 13.4. The van der Waals surface area contributed by atoms with Crippen molar-refractivity contribution in [2.24, 2.45) is 0 Å². The molecule has 180 valence electrons. The first-order valence-electron chi connectivity index (χ1n) is 12.4. The number of amides is 1. The Morgan fingerprint density at radius 2 is 1.68 bits per heavy atom. The van der Waals surface area contributed by atoms with E-state index in [0.717, 1.165) is 41.5 Å². The first kappa shape index (κ1) is 24.5. The summed E-state index contributed by atoms with van der Waals surface area (Å²) in [5, 5.41) is 13.0. The minimum Gasteiger partial charge on any atom is -0.325 e. The molecule has 0 spiro atoms. The molecule has 1 heterocycles. The predicted octanol–water partition coefficient (Wildman–Crippen LogP) is 7.04. The minimum absolute atomic E-state index is 0.0245. The molecule has 1 aromatic heterocycles. The van der Waals surface area contributed by atoms with Crippen molar-refractivity contribution in [3.8, 4) is 11.4 Å². The molecule has 0 radical (unpaired) electrons.